The van der Waals surface area contributed by atoms with E-state index in [-0.39, 0.29) is 5.82 Å². The molecule has 4 rings (SSSR count). The molecule has 2 aromatic heterocycles. The number of anilines is 2. The van der Waals surface area contributed by atoms with Crippen LogP contribution in [-0.2, 0) is 0 Å². The van der Waals surface area contributed by atoms with Crippen LogP contribution in [0, 0.1) is 12.7 Å². The number of hydrogen-bond donors (Lipinski definition) is 1. The predicted octanol–water partition coefficient (Wildman–Crippen LogP) is 3.47. The van der Waals surface area contributed by atoms with Crippen LogP contribution in [0.2, 0.25) is 0 Å². The second-order valence-electron chi connectivity index (χ2n) is 5.11. The average molecular weight is 293 g/mol. The number of aryl methyl sites for hydroxylation is 1. The molecule has 22 heavy (non-hydrogen) atoms. The number of nitrogens with one attached hydrogen (secondary N) is 1. The van der Waals surface area contributed by atoms with Gasteiger partial charge >= 0.3 is 0 Å². The van der Waals surface area contributed by atoms with Crippen molar-refractivity contribution < 1.29 is 4.39 Å². The third-order valence-electron chi connectivity index (χ3n) is 3.47. The zero-order chi connectivity index (χ0) is 15.1. The van der Waals surface area contributed by atoms with Gasteiger partial charge in [0, 0.05) is 5.69 Å². The summed E-state index contributed by atoms with van der Waals surface area (Å²) >= 11 is 0. The lowest BCUT2D eigenvalue weighted by molar-refractivity contribution is 0.628. The number of benzene rings is 2. The monoisotopic (exact) mass is 293 g/mol. The summed E-state index contributed by atoms with van der Waals surface area (Å²) in [6.45, 7) is 2.02. The van der Waals surface area contributed by atoms with Gasteiger partial charge in [-0.25, -0.2) is 9.37 Å². The summed E-state index contributed by atoms with van der Waals surface area (Å²) < 4.78 is 15.2. The Bertz CT molecular complexity index is 992. The van der Waals surface area contributed by atoms with Crippen molar-refractivity contribution in [3.63, 3.8) is 0 Å². The summed E-state index contributed by atoms with van der Waals surface area (Å²) in [5.74, 6) is 0.235. The van der Waals surface area contributed by atoms with E-state index in [1.807, 2.05) is 29.5 Å². The van der Waals surface area contributed by atoms with Crippen molar-refractivity contribution >= 4 is 28.2 Å². The highest BCUT2D eigenvalue weighted by Gasteiger charge is 2.11. The molecule has 6 heteroatoms. The fourth-order valence-electron chi connectivity index (χ4n) is 2.45. The van der Waals surface area contributed by atoms with E-state index >= 15 is 0 Å². The van der Waals surface area contributed by atoms with Crippen LogP contribution in [0.1, 0.15) is 5.56 Å². The molecule has 0 aliphatic heterocycles. The zero-order valence-corrected chi connectivity index (χ0v) is 11.8. The van der Waals surface area contributed by atoms with Gasteiger partial charge < -0.3 is 5.32 Å². The Morgan fingerprint density at radius 2 is 2.05 bits per heavy atom. The number of halogens is 1. The molecular weight excluding hydrogens is 281 g/mol. The van der Waals surface area contributed by atoms with Gasteiger partial charge in [0.05, 0.1) is 11.0 Å². The van der Waals surface area contributed by atoms with Crippen molar-refractivity contribution in [1.29, 1.82) is 0 Å². The number of nitrogens with zero attached hydrogens (tertiary/aromatic N) is 4. The molecule has 4 aromatic rings. The highest BCUT2D eigenvalue weighted by molar-refractivity contribution is 5.84. The van der Waals surface area contributed by atoms with Crippen LogP contribution in [0.4, 0.5) is 15.9 Å². The minimum atomic E-state index is -0.307. The maximum atomic E-state index is 13.3. The molecule has 0 saturated heterocycles. The summed E-state index contributed by atoms with van der Waals surface area (Å²) in [6, 6.07) is 12.2. The first-order chi connectivity index (χ1) is 10.7. The number of fused-ring (bicyclic) bond motifs is 3. The number of aromatic nitrogens is 4. The molecule has 2 heterocycles. The highest BCUT2D eigenvalue weighted by atomic mass is 19.1. The van der Waals surface area contributed by atoms with Gasteiger partial charge in [-0.1, -0.05) is 12.1 Å². The third kappa shape index (κ3) is 2.05. The lowest BCUT2D eigenvalue weighted by Gasteiger charge is -2.09. The largest absolute Gasteiger partial charge is 0.337 e. The van der Waals surface area contributed by atoms with Crippen LogP contribution >= 0.6 is 0 Å². The highest BCUT2D eigenvalue weighted by Crippen LogP contribution is 2.24. The van der Waals surface area contributed by atoms with Crippen molar-refractivity contribution in [2.24, 2.45) is 0 Å². The molecule has 0 fully saturated rings. The van der Waals surface area contributed by atoms with Crippen LogP contribution in [0.3, 0.4) is 0 Å². The van der Waals surface area contributed by atoms with Crippen molar-refractivity contribution in [2.45, 2.75) is 6.92 Å². The van der Waals surface area contributed by atoms with Gasteiger partial charge in [-0.3, -0.25) is 4.40 Å². The Labute approximate surface area is 125 Å². The van der Waals surface area contributed by atoms with E-state index in [0.717, 1.165) is 16.6 Å². The van der Waals surface area contributed by atoms with E-state index in [9.17, 15) is 4.39 Å². The smallest absolute Gasteiger partial charge is 0.204 e. The van der Waals surface area contributed by atoms with Gasteiger partial charge in [0.2, 0.25) is 5.65 Å². The van der Waals surface area contributed by atoms with Crippen LogP contribution in [0.5, 0.6) is 0 Å². The standard InChI is InChI=1S/C16H12FN5/c1-10-5-6-13-14(7-10)22-9-18-21-16(22)15(20-13)19-12-4-2-3-11(17)8-12/h2-9H,1H3,(H,19,20). The minimum absolute atomic E-state index is 0.307. The van der Waals surface area contributed by atoms with Gasteiger partial charge in [-0.05, 0) is 42.8 Å². The fraction of sp³-hybridized carbons (Fsp3) is 0.0625. The van der Waals surface area contributed by atoms with Crippen LogP contribution in [0.25, 0.3) is 16.7 Å². The Kier molecular flexibility index (Phi) is 2.75. The van der Waals surface area contributed by atoms with E-state index < -0.39 is 0 Å². The summed E-state index contributed by atoms with van der Waals surface area (Å²) in [5, 5.41) is 11.2. The summed E-state index contributed by atoms with van der Waals surface area (Å²) in [6.07, 6.45) is 1.65. The van der Waals surface area contributed by atoms with Crippen LogP contribution in [-0.4, -0.2) is 19.6 Å². The third-order valence-corrected chi connectivity index (χ3v) is 3.47. The number of hydrogen-bond acceptors (Lipinski definition) is 4. The van der Waals surface area contributed by atoms with Gasteiger partial charge in [0.15, 0.2) is 5.82 Å². The maximum absolute atomic E-state index is 13.3. The maximum Gasteiger partial charge on any atom is 0.204 e. The van der Waals surface area contributed by atoms with Crippen molar-refractivity contribution in [2.75, 3.05) is 5.32 Å². The SMILES string of the molecule is Cc1ccc2nc(Nc3cccc(F)c3)c3nncn3c2c1. The van der Waals surface area contributed by atoms with Crippen molar-refractivity contribution in [3.05, 3.63) is 60.2 Å². The molecule has 0 unspecified atom stereocenters. The first kappa shape index (κ1) is 12.7. The molecule has 0 radical (unpaired) electrons. The molecule has 2 aromatic carbocycles. The second kappa shape index (κ2) is 4.77. The summed E-state index contributed by atoms with van der Waals surface area (Å²) in [5.41, 5.74) is 4.10. The molecule has 0 saturated carbocycles. The molecule has 0 aliphatic rings. The molecule has 1 N–H and O–H groups in total. The first-order valence-corrected chi connectivity index (χ1v) is 6.83. The molecule has 108 valence electrons. The van der Waals surface area contributed by atoms with E-state index in [1.54, 1.807) is 18.5 Å². The normalized spacial score (nSPS) is 11.2. The Hall–Kier alpha value is -3.02. The Balaban J connectivity index is 1.92. The summed E-state index contributed by atoms with van der Waals surface area (Å²) in [4.78, 5) is 4.58. The molecule has 0 aliphatic carbocycles. The minimum Gasteiger partial charge on any atom is -0.337 e. The summed E-state index contributed by atoms with van der Waals surface area (Å²) in [7, 11) is 0. The molecule has 0 atom stereocenters. The lowest BCUT2D eigenvalue weighted by Crippen LogP contribution is -2.00. The second-order valence-corrected chi connectivity index (χ2v) is 5.11. The van der Waals surface area contributed by atoms with Gasteiger partial charge in [-0.2, -0.15) is 0 Å². The van der Waals surface area contributed by atoms with Crippen LogP contribution < -0.4 is 5.32 Å². The van der Waals surface area contributed by atoms with Crippen molar-refractivity contribution in [3.8, 4) is 0 Å². The Morgan fingerprint density at radius 1 is 1.14 bits per heavy atom. The molecule has 0 amide bonds. The average Bonchev–Trinajstić information content (AvgIpc) is 2.98. The van der Waals surface area contributed by atoms with E-state index in [4.69, 9.17) is 0 Å². The van der Waals surface area contributed by atoms with E-state index in [0.29, 0.717) is 17.2 Å². The predicted molar refractivity (Wildman–Crippen MR) is 82.7 cm³/mol. The Morgan fingerprint density at radius 3 is 2.91 bits per heavy atom. The van der Waals surface area contributed by atoms with E-state index in [2.05, 4.69) is 20.5 Å². The molecular formula is C16H12FN5. The zero-order valence-electron chi connectivity index (χ0n) is 11.8. The molecule has 5 nitrogen and oxygen atoms in total. The van der Waals surface area contributed by atoms with Gasteiger partial charge in [0.1, 0.15) is 12.1 Å². The van der Waals surface area contributed by atoms with Crippen molar-refractivity contribution in [1.82, 2.24) is 19.6 Å². The topological polar surface area (TPSA) is 55.1 Å². The van der Waals surface area contributed by atoms with E-state index in [1.165, 1.54) is 12.1 Å². The van der Waals surface area contributed by atoms with Crippen LogP contribution in [0.15, 0.2) is 48.8 Å². The quantitative estimate of drug-likeness (QED) is 0.615. The number of rotatable bonds is 2. The lowest BCUT2D eigenvalue weighted by atomic mass is 10.2. The first-order valence-electron chi connectivity index (χ1n) is 6.83. The molecule has 0 bridgehead atoms. The molecule has 0 spiro atoms. The van der Waals surface area contributed by atoms with Gasteiger partial charge in [-0.15, -0.1) is 10.2 Å². The van der Waals surface area contributed by atoms with Gasteiger partial charge in [0.25, 0.3) is 0 Å². The fourth-order valence-corrected chi connectivity index (χ4v) is 2.45.